The van der Waals surface area contributed by atoms with Crippen molar-refractivity contribution >= 4 is 21.6 Å². The zero-order valence-electron chi connectivity index (χ0n) is 6.93. The number of imidazole rings is 1. The summed E-state index contributed by atoms with van der Waals surface area (Å²) in [6, 6.07) is 0. The molecule has 0 bridgehead atoms. The van der Waals surface area contributed by atoms with Crippen LogP contribution in [0.5, 0.6) is 0 Å². The van der Waals surface area contributed by atoms with Gasteiger partial charge < -0.3 is 0 Å². The van der Waals surface area contributed by atoms with Gasteiger partial charge in [-0.2, -0.15) is 0 Å². The third-order valence-electron chi connectivity index (χ3n) is 1.67. The van der Waals surface area contributed by atoms with E-state index in [-0.39, 0.29) is 0 Å². The predicted molar refractivity (Wildman–Crippen MR) is 50.3 cm³/mol. The van der Waals surface area contributed by atoms with Crippen LogP contribution in [-0.4, -0.2) is 9.55 Å². The van der Waals surface area contributed by atoms with E-state index in [1.165, 1.54) is 5.70 Å². The van der Waals surface area contributed by atoms with E-state index in [0.717, 1.165) is 10.4 Å². The molecule has 0 fully saturated rings. The van der Waals surface area contributed by atoms with Crippen LogP contribution in [0.1, 0.15) is 19.7 Å². The number of halogens is 1. The number of hydrogen-bond donors (Lipinski definition) is 0. The molecule has 0 spiro atoms. The Labute approximate surface area is 75.1 Å². The Bertz CT molecular complexity index is 267. The zero-order chi connectivity index (χ0) is 8.43. The number of aromatic nitrogens is 2. The highest BCUT2D eigenvalue weighted by Crippen LogP contribution is 2.17. The van der Waals surface area contributed by atoms with E-state index in [4.69, 9.17) is 0 Å². The first-order valence-electron chi connectivity index (χ1n) is 3.50. The van der Waals surface area contributed by atoms with E-state index in [1.807, 2.05) is 20.0 Å². The smallest absolute Gasteiger partial charge is 0.110 e. The molecular formula is C8H11BrN2. The quantitative estimate of drug-likeness (QED) is 0.704. The summed E-state index contributed by atoms with van der Waals surface area (Å²) in [7, 11) is 0. The molecule has 1 heterocycles. The van der Waals surface area contributed by atoms with Crippen molar-refractivity contribution in [2.24, 2.45) is 0 Å². The van der Waals surface area contributed by atoms with Gasteiger partial charge in [0, 0.05) is 5.70 Å². The second kappa shape index (κ2) is 3.22. The lowest BCUT2D eigenvalue weighted by Crippen LogP contribution is -1.95. The van der Waals surface area contributed by atoms with Gasteiger partial charge in [0.15, 0.2) is 0 Å². The van der Waals surface area contributed by atoms with Gasteiger partial charge in [0.25, 0.3) is 0 Å². The number of hydrogen-bond acceptors (Lipinski definition) is 1. The molecule has 0 atom stereocenters. The Morgan fingerprint density at radius 1 is 1.73 bits per heavy atom. The van der Waals surface area contributed by atoms with Crippen molar-refractivity contribution < 1.29 is 0 Å². The van der Waals surface area contributed by atoms with E-state index in [2.05, 4.69) is 38.5 Å². The molecule has 1 rings (SSSR count). The number of aryl methyl sites for hydroxylation is 1. The molecule has 1 aromatic rings. The molecule has 2 nitrogen and oxygen atoms in total. The summed E-state index contributed by atoms with van der Waals surface area (Å²) in [4.78, 5) is 4.16. The largest absolute Gasteiger partial charge is 0.296 e. The van der Waals surface area contributed by atoms with E-state index in [1.54, 1.807) is 0 Å². The molecule has 0 radical (unpaired) electrons. The maximum atomic E-state index is 4.16. The van der Waals surface area contributed by atoms with Gasteiger partial charge in [0.1, 0.15) is 10.4 Å². The van der Waals surface area contributed by atoms with Crippen molar-refractivity contribution in [3.05, 3.63) is 22.7 Å². The van der Waals surface area contributed by atoms with Crippen LogP contribution >= 0.6 is 15.9 Å². The Morgan fingerprint density at radius 3 is 2.73 bits per heavy atom. The minimum Gasteiger partial charge on any atom is -0.296 e. The zero-order valence-corrected chi connectivity index (χ0v) is 8.51. The summed E-state index contributed by atoms with van der Waals surface area (Å²) in [6.45, 7) is 6.05. The van der Waals surface area contributed by atoms with Crippen LogP contribution in [0.3, 0.4) is 0 Å². The number of allylic oxidation sites excluding steroid dienone is 2. The van der Waals surface area contributed by atoms with Crippen molar-refractivity contribution in [3.8, 4) is 0 Å². The van der Waals surface area contributed by atoms with Crippen LogP contribution in [0.4, 0.5) is 0 Å². The van der Waals surface area contributed by atoms with Crippen molar-refractivity contribution in [1.82, 2.24) is 9.55 Å². The highest BCUT2D eigenvalue weighted by Gasteiger charge is 2.03. The molecule has 0 saturated heterocycles. The van der Waals surface area contributed by atoms with Crippen LogP contribution in [0.15, 0.2) is 16.9 Å². The maximum Gasteiger partial charge on any atom is 0.110 e. The summed E-state index contributed by atoms with van der Waals surface area (Å²) < 4.78 is 3.06. The summed E-state index contributed by atoms with van der Waals surface area (Å²) in [5.74, 6) is 1.01. The highest BCUT2D eigenvalue weighted by atomic mass is 79.9. The normalized spacial score (nSPS) is 12.2. The first kappa shape index (κ1) is 8.53. The third-order valence-corrected chi connectivity index (χ3v) is 2.23. The van der Waals surface area contributed by atoms with Gasteiger partial charge in [0.05, 0.1) is 6.20 Å². The monoisotopic (exact) mass is 214 g/mol. The van der Waals surface area contributed by atoms with Crippen LogP contribution < -0.4 is 0 Å². The van der Waals surface area contributed by atoms with Gasteiger partial charge in [-0.15, -0.1) is 0 Å². The standard InChI is InChI=1S/C8H11BrN2/c1-4-6(2)11-7(3)10-5-8(11)9/h4-5H,1-3H3. The highest BCUT2D eigenvalue weighted by molar-refractivity contribution is 9.10. The Balaban J connectivity index is 3.21. The van der Waals surface area contributed by atoms with E-state index in [0.29, 0.717) is 0 Å². The maximum absolute atomic E-state index is 4.16. The first-order chi connectivity index (χ1) is 5.16. The van der Waals surface area contributed by atoms with E-state index >= 15 is 0 Å². The SMILES string of the molecule is CC=C(C)n1c(Br)cnc1C. The summed E-state index contributed by atoms with van der Waals surface area (Å²) in [5, 5.41) is 0. The molecule has 0 aliphatic heterocycles. The molecule has 0 aliphatic carbocycles. The molecule has 1 aromatic heterocycles. The van der Waals surface area contributed by atoms with Gasteiger partial charge in [-0.3, -0.25) is 4.57 Å². The average molecular weight is 215 g/mol. The summed E-state index contributed by atoms with van der Waals surface area (Å²) in [6.07, 6.45) is 3.86. The number of nitrogens with zero attached hydrogens (tertiary/aromatic N) is 2. The lowest BCUT2D eigenvalue weighted by atomic mass is 10.4. The summed E-state index contributed by atoms with van der Waals surface area (Å²) >= 11 is 3.42. The lowest BCUT2D eigenvalue weighted by molar-refractivity contribution is 0.970. The fraction of sp³-hybridized carbons (Fsp3) is 0.375. The molecule has 0 saturated carbocycles. The minimum absolute atomic E-state index is 1.01. The molecule has 0 amide bonds. The number of rotatable bonds is 1. The predicted octanol–water partition coefficient (Wildman–Crippen LogP) is 2.83. The fourth-order valence-electron chi connectivity index (χ4n) is 0.970. The van der Waals surface area contributed by atoms with Crippen LogP contribution in [0, 0.1) is 6.92 Å². The molecule has 0 aliphatic rings. The van der Waals surface area contributed by atoms with Crippen molar-refractivity contribution in [3.63, 3.8) is 0 Å². The van der Waals surface area contributed by atoms with E-state index in [9.17, 15) is 0 Å². The molecule has 60 valence electrons. The van der Waals surface area contributed by atoms with Crippen LogP contribution in [0.25, 0.3) is 5.70 Å². The minimum atomic E-state index is 1.01. The topological polar surface area (TPSA) is 17.8 Å². The molecular weight excluding hydrogens is 204 g/mol. The molecule has 0 aromatic carbocycles. The van der Waals surface area contributed by atoms with Gasteiger partial charge in [-0.25, -0.2) is 4.98 Å². The van der Waals surface area contributed by atoms with Gasteiger partial charge >= 0.3 is 0 Å². The van der Waals surface area contributed by atoms with Gasteiger partial charge in [0.2, 0.25) is 0 Å². The lowest BCUT2D eigenvalue weighted by Gasteiger charge is -2.05. The second-order valence-electron chi connectivity index (χ2n) is 2.39. The van der Waals surface area contributed by atoms with Crippen molar-refractivity contribution in [1.29, 1.82) is 0 Å². The average Bonchev–Trinajstić information content (AvgIpc) is 2.30. The Kier molecular flexibility index (Phi) is 2.49. The molecule has 0 unspecified atom stereocenters. The molecule has 3 heteroatoms. The molecule has 0 N–H and O–H groups in total. The second-order valence-corrected chi connectivity index (χ2v) is 3.21. The van der Waals surface area contributed by atoms with Crippen molar-refractivity contribution in [2.45, 2.75) is 20.8 Å². The Hall–Kier alpha value is -0.570. The van der Waals surface area contributed by atoms with Crippen LogP contribution in [-0.2, 0) is 0 Å². The van der Waals surface area contributed by atoms with E-state index < -0.39 is 0 Å². The summed E-state index contributed by atoms with van der Waals surface area (Å²) in [5.41, 5.74) is 1.19. The van der Waals surface area contributed by atoms with Crippen molar-refractivity contribution in [2.75, 3.05) is 0 Å². The van der Waals surface area contributed by atoms with Gasteiger partial charge in [-0.05, 0) is 36.7 Å². The Morgan fingerprint density at radius 2 is 2.36 bits per heavy atom. The van der Waals surface area contributed by atoms with Gasteiger partial charge in [-0.1, -0.05) is 6.08 Å². The first-order valence-corrected chi connectivity index (χ1v) is 4.29. The fourth-order valence-corrected chi connectivity index (χ4v) is 1.61. The van der Waals surface area contributed by atoms with Crippen LogP contribution in [0.2, 0.25) is 0 Å². The third kappa shape index (κ3) is 1.53. The molecule has 11 heavy (non-hydrogen) atoms.